The summed E-state index contributed by atoms with van der Waals surface area (Å²) >= 11 is 1.86. The Balaban J connectivity index is 3.34. The summed E-state index contributed by atoms with van der Waals surface area (Å²) < 4.78 is 5.42. The van der Waals surface area contributed by atoms with Crippen molar-refractivity contribution in [1.82, 2.24) is 0 Å². The molecule has 0 amide bonds. The molecule has 0 N–H and O–H groups in total. The van der Waals surface area contributed by atoms with E-state index in [0.717, 1.165) is 0 Å². The second-order valence-corrected chi connectivity index (χ2v) is 3.79. The third-order valence-corrected chi connectivity index (χ3v) is 3.05. The Bertz CT molecular complexity index is 440. The molecule has 78 valence electrons. The van der Waals surface area contributed by atoms with Gasteiger partial charge in [0.1, 0.15) is 5.75 Å². The van der Waals surface area contributed by atoms with Crippen LogP contribution < -0.4 is 4.74 Å². The highest BCUT2D eigenvalue weighted by Gasteiger charge is 2.17. The van der Waals surface area contributed by atoms with E-state index in [2.05, 4.69) is 0 Å². The van der Waals surface area contributed by atoms with Crippen molar-refractivity contribution in [1.29, 1.82) is 5.26 Å². The number of ether oxygens (including phenoxy) is 1. The second-order valence-electron chi connectivity index (χ2n) is 2.71. The summed E-state index contributed by atoms with van der Waals surface area (Å²) in [4.78, 5) is 10.2. The van der Waals surface area contributed by atoms with Crippen LogP contribution in [0.25, 0.3) is 0 Å². The van der Waals surface area contributed by atoms with Gasteiger partial charge in [0.05, 0.1) is 34.2 Å². The molecule has 0 heterocycles. The first kappa shape index (κ1) is 11.7. The van der Waals surface area contributed by atoms with Gasteiger partial charge in [0.25, 0.3) is 5.69 Å². The van der Waals surface area contributed by atoms with E-state index in [1.807, 2.05) is 28.7 Å². The molecule has 0 saturated heterocycles. The molecule has 0 saturated carbocycles. The fraction of sp³-hybridized carbons (Fsp3) is 0.222. The largest absolute Gasteiger partial charge is 0.496 e. The van der Waals surface area contributed by atoms with Crippen molar-refractivity contribution >= 4 is 28.3 Å². The van der Waals surface area contributed by atoms with Crippen LogP contribution in [0.1, 0.15) is 5.56 Å². The number of methoxy groups -OCH3 is 1. The third-order valence-electron chi connectivity index (χ3n) is 1.80. The molecule has 1 rings (SSSR count). The maximum atomic E-state index is 10.7. The van der Waals surface area contributed by atoms with Crippen molar-refractivity contribution in [3.63, 3.8) is 0 Å². The number of hydrogen-bond donors (Lipinski definition) is 0. The van der Waals surface area contributed by atoms with Gasteiger partial charge in [-0.15, -0.1) is 0 Å². The first-order valence-electron chi connectivity index (χ1n) is 3.98. The predicted octanol–water partition coefficient (Wildman–Crippen LogP) is 2.27. The van der Waals surface area contributed by atoms with Gasteiger partial charge in [-0.1, -0.05) is 0 Å². The van der Waals surface area contributed by atoms with Crippen molar-refractivity contribution in [2.24, 2.45) is 0 Å². The monoisotopic (exact) mass is 318 g/mol. The highest BCUT2D eigenvalue weighted by Crippen LogP contribution is 2.30. The zero-order valence-electron chi connectivity index (χ0n) is 7.86. The number of benzene rings is 1. The number of nitriles is 1. The predicted molar refractivity (Wildman–Crippen MR) is 61.7 cm³/mol. The lowest BCUT2D eigenvalue weighted by atomic mass is 10.1. The molecular formula is C9H7IN2O3. The number of hydrogen-bond acceptors (Lipinski definition) is 4. The number of nitro benzene ring substituents is 1. The SMILES string of the molecule is COc1cc(CC#N)c(I)c([N+](=O)[O-])c1. The number of rotatable bonds is 3. The van der Waals surface area contributed by atoms with Crippen LogP contribution >= 0.6 is 22.6 Å². The Labute approximate surface area is 99.9 Å². The van der Waals surface area contributed by atoms with Crippen LogP contribution in [0.3, 0.4) is 0 Å². The van der Waals surface area contributed by atoms with Gasteiger partial charge in [0.2, 0.25) is 0 Å². The van der Waals surface area contributed by atoms with E-state index >= 15 is 0 Å². The molecule has 0 radical (unpaired) electrons. The zero-order chi connectivity index (χ0) is 11.4. The van der Waals surface area contributed by atoms with Crippen LogP contribution in [0.15, 0.2) is 12.1 Å². The van der Waals surface area contributed by atoms with Crippen LogP contribution in [0.4, 0.5) is 5.69 Å². The molecule has 6 heteroatoms. The molecular weight excluding hydrogens is 311 g/mol. The molecule has 0 spiro atoms. The van der Waals surface area contributed by atoms with Crippen molar-refractivity contribution in [3.05, 3.63) is 31.4 Å². The minimum Gasteiger partial charge on any atom is -0.496 e. The Morgan fingerprint density at radius 2 is 2.33 bits per heavy atom. The quantitative estimate of drug-likeness (QED) is 0.487. The van der Waals surface area contributed by atoms with E-state index in [1.54, 1.807) is 6.07 Å². The van der Waals surface area contributed by atoms with Gasteiger partial charge in [-0.3, -0.25) is 10.1 Å². The minimum atomic E-state index is -0.481. The average molecular weight is 318 g/mol. The van der Waals surface area contributed by atoms with E-state index in [1.165, 1.54) is 13.2 Å². The average Bonchev–Trinajstić information content (AvgIpc) is 2.21. The molecule has 0 aliphatic rings. The normalized spacial score (nSPS) is 9.40. The van der Waals surface area contributed by atoms with Crippen LogP contribution in [0.5, 0.6) is 5.75 Å². The molecule has 5 nitrogen and oxygen atoms in total. The molecule has 0 aliphatic heterocycles. The molecule has 1 aromatic carbocycles. The van der Waals surface area contributed by atoms with E-state index in [0.29, 0.717) is 14.9 Å². The van der Waals surface area contributed by atoms with E-state index in [4.69, 9.17) is 10.00 Å². The summed E-state index contributed by atoms with van der Waals surface area (Å²) in [6, 6.07) is 4.95. The maximum absolute atomic E-state index is 10.7. The minimum absolute atomic E-state index is 0.0276. The lowest BCUT2D eigenvalue weighted by Crippen LogP contribution is -1.98. The standard InChI is InChI=1S/C9H7IN2O3/c1-15-7-4-6(2-3-11)9(10)8(5-7)12(13)14/h4-5H,2H2,1H3. The van der Waals surface area contributed by atoms with Gasteiger partial charge in [-0.25, -0.2) is 0 Å². The fourth-order valence-corrected chi connectivity index (χ4v) is 1.80. The lowest BCUT2D eigenvalue weighted by Gasteiger charge is -2.05. The Morgan fingerprint density at radius 3 is 2.80 bits per heavy atom. The molecule has 0 aliphatic carbocycles. The molecule has 0 bridgehead atoms. The molecule has 0 atom stereocenters. The van der Waals surface area contributed by atoms with E-state index in [-0.39, 0.29) is 12.1 Å². The van der Waals surface area contributed by atoms with Gasteiger partial charge in [-0.05, 0) is 34.2 Å². The number of halogens is 1. The van der Waals surface area contributed by atoms with Gasteiger partial charge >= 0.3 is 0 Å². The smallest absolute Gasteiger partial charge is 0.286 e. The lowest BCUT2D eigenvalue weighted by molar-refractivity contribution is -0.385. The van der Waals surface area contributed by atoms with Crippen molar-refractivity contribution in [2.75, 3.05) is 7.11 Å². The highest BCUT2D eigenvalue weighted by atomic mass is 127. The second kappa shape index (κ2) is 4.93. The van der Waals surface area contributed by atoms with E-state index < -0.39 is 4.92 Å². The number of nitro groups is 1. The van der Waals surface area contributed by atoms with Crippen LogP contribution in [-0.2, 0) is 6.42 Å². The van der Waals surface area contributed by atoms with E-state index in [9.17, 15) is 10.1 Å². The Morgan fingerprint density at radius 1 is 1.67 bits per heavy atom. The molecule has 0 unspecified atom stereocenters. The van der Waals surface area contributed by atoms with Crippen molar-refractivity contribution in [2.45, 2.75) is 6.42 Å². The van der Waals surface area contributed by atoms with Crippen LogP contribution in [0, 0.1) is 25.0 Å². The van der Waals surface area contributed by atoms with Crippen LogP contribution in [0.2, 0.25) is 0 Å². The topological polar surface area (TPSA) is 76.2 Å². The molecule has 0 fully saturated rings. The molecule has 15 heavy (non-hydrogen) atoms. The summed E-state index contributed by atoms with van der Waals surface area (Å²) in [5.41, 5.74) is 0.587. The van der Waals surface area contributed by atoms with Gasteiger partial charge in [-0.2, -0.15) is 5.26 Å². The third kappa shape index (κ3) is 2.56. The van der Waals surface area contributed by atoms with Gasteiger partial charge in [0, 0.05) is 0 Å². The summed E-state index contributed by atoms with van der Waals surface area (Å²) in [5.74, 6) is 0.396. The summed E-state index contributed by atoms with van der Waals surface area (Å²) in [6.45, 7) is 0. The molecule has 0 aromatic heterocycles. The van der Waals surface area contributed by atoms with Gasteiger partial charge < -0.3 is 4.74 Å². The van der Waals surface area contributed by atoms with Crippen molar-refractivity contribution in [3.8, 4) is 11.8 Å². The maximum Gasteiger partial charge on any atom is 0.286 e. The molecule has 1 aromatic rings. The Kier molecular flexibility index (Phi) is 3.85. The first-order chi connectivity index (χ1) is 7.10. The van der Waals surface area contributed by atoms with Crippen LogP contribution in [-0.4, -0.2) is 12.0 Å². The summed E-state index contributed by atoms with van der Waals surface area (Å²) in [6.07, 6.45) is 0.135. The fourth-order valence-electron chi connectivity index (χ4n) is 1.10. The number of nitrogens with zero attached hydrogens (tertiary/aromatic N) is 2. The van der Waals surface area contributed by atoms with Crippen molar-refractivity contribution < 1.29 is 9.66 Å². The Hall–Kier alpha value is -1.36. The summed E-state index contributed by atoms with van der Waals surface area (Å²) in [7, 11) is 1.43. The van der Waals surface area contributed by atoms with Gasteiger partial charge in [0.15, 0.2) is 0 Å². The summed E-state index contributed by atoms with van der Waals surface area (Å²) in [5, 5.41) is 19.3. The highest BCUT2D eigenvalue weighted by molar-refractivity contribution is 14.1. The first-order valence-corrected chi connectivity index (χ1v) is 5.05. The zero-order valence-corrected chi connectivity index (χ0v) is 10.0.